The van der Waals surface area contributed by atoms with Crippen molar-refractivity contribution in [3.8, 4) is 5.75 Å². The molecule has 10 heteroatoms. The number of aromatic carboxylic acids is 1. The molecule has 0 atom stereocenters. The van der Waals surface area contributed by atoms with Crippen LogP contribution in [-0.2, 0) is 14.8 Å². The molecule has 0 saturated heterocycles. The lowest BCUT2D eigenvalue weighted by Gasteiger charge is -2.25. The Morgan fingerprint density at radius 3 is 2.34 bits per heavy atom. The molecular weight excluding hydrogens is 470 g/mol. The van der Waals surface area contributed by atoms with Crippen LogP contribution in [0.5, 0.6) is 5.75 Å². The van der Waals surface area contributed by atoms with Crippen molar-refractivity contribution in [2.45, 2.75) is 18.7 Å². The normalized spacial score (nSPS) is 11.3. The number of rotatable bonds is 9. The Balaban J connectivity index is 1.93. The molecule has 0 saturated carbocycles. The summed E-state index contributed by atoms with van der Waals surface area (Å²) in [5.41, 5.74) is 4.42. The number of nitrogens with zero attached hydrogens (tertiary/aromatic N) is 2. The highest BCUT2D eigenvalue weighted by molar-refractivity contribution is 7.92. The molecule has 3 aromatic carbocycles. The van der Waals surface area contributed by atoms with E-state index < -0.39 is 28.4 Å². The molecule has 0 radical (unpaired) electrons. The summed E-state index contributed by atoms with van der Waals surface area (Å²) in [6.45, 7) is 3.05. The summed E-state index contributed by atoms with van der Waals surface area (Å²) in [6.07, 6.45) is 1.19. The van der Waals surface area contributed by atoms with Crippen LogP contribution in [0.4, 0.5) is 5.69 Å². The van der Waals surface area contributed by atoms with Gasteiger partial charge in [0.2, 0.25) is 0 Å². The van der Waals surface area contributed by atoms with E-state index in [2.05, 4.69) is 10.5 Å². The number of hydrogen-bond acceptors (Lipinski definition) is 6. The maximum absolute atomic E-state index is 13.6. The summed E-state index contributed by atoms with van der Waals surface area (Å²) in [4.78, 5) is 24.1. The number of aryl methyl sites for hydroxylation is 2. The SMILES string of the molecule is COc1ccc(C)cc1N(CC(=O)N/N=C\c1ccccc1C(=O)O)S(=O)(=O)c1ccc(C)cc1. The highest BCUT2D eigenvalue weighted by atomic mass is 32.2. The number of anilines is 1. The lowest BCUT2D eigenvalue weighted by atomic mass is 10.1. The van der Waals surface area contributed by atoms with Gasteiger partial charge in [0.15, 0.2) is 0 Å². The first-order chi connectivity index (χ1) is 16.6. The number of sulfonamides is 1. The van der Waals surface area contributed by atoms with Crippen molar-refractivity contribution in [3.05, 3.63) is 89.0 Å². The Morgan fingerprint density at radius 2 is 1.69 bits per heavy atom. The van der Waals surface area contributed by atoms with Gasteiger partial charge in [0.05, 0.1) is 29.5 Å². The van der Waals surface area contributed by atoms with Crippen LogP contribution in [0.3, 0.4) is 0 Å². The van der Waals surface area contributed by atoms with E-state index in [-0.39, 0.29) is 27.5 Å². The van der Waals surface area contributed by atoms with Crippen LogP contribution in [-0.4, -0.2) is 45.3 Å². The molecule has 0 aliphatic carbocycles. The number of amides is 1. The van der Waals surface area contributed by atoms with E-state index in [9.17, 15) is 23.1 Å². The molecule has 0 spiro atoms. The lowest BCUT2D eigenvalue weighted by molar-refractivity contribution is -0.119. The van der Waals surface area contributed by atoms with Crippen molar-refractivity contribution in [2.75, 3.05) is 18.0 Å². The molecule has 3 rings (SSSR count). The van der Waals surface area contributed by atoms with E-state index in [1.807, 2.05) is 6.92 Å². The fraction of sp³-hybridized carbons (Fsp3) is 0.160. The number of benzene rings is 3. The topological polar surface area (TPSA) is 125 Å². The molecule has 1 amide bonds. The van der Waals surface area contributed by atoms with Crippen molar-refractivity contribution in [1.29, 1.82) is 0 Å². The van der Waals surface area contributed by atoms with Gasteiger partial charge >= 0.3 is 5.97 Å². The Hall–Kier alpha value is -4.18. The zero-order chi connectivity index (χ0) is 25.6. The van der Waals surface area contributed by atoms with E-state index >= 15 is 0 Å². The fourth-order valence-corrected chi connectivity index (χ4v) is 4.70. The van der Waals surface area contributed by atoms with Gasteiger partial charge in [0.1, 0.15) is 12.3 Å². The number of carbonyl (C=O) groups is 2. The van der Waals surface area contributed by atoms with Gasteiger partial charge in [-0.3, -0.25) is 9.10 Å². The quantitative estimate of drug-likeness (QED) is 0.346. The summed E-state index contributed by atoms with van der Waals surface area (Å²) >= 11 is 0. The second-order valence-electron chi connectivity index (χ2n) is 7.69. The van der Waals surface area contributed by atoms with Crippen LogP contribution in [0.1, 0.15) is 27.0 Å². The number of ether oxygens (including phenoxy) is 1. The number of nitrogens with one attached hydrogen (secondary N) is 1. The average Bonchev–Trinajstić information content (AvgIpc) is 2.83. The third-order valence-electron chi connectivity index (χ3n) is 5.08. The van der Waals surface area contributed by atoms with E-state index in [0.717, 1.165) is 15.4 Å². The van der Waals surface area contributed by atoms with Crippen LogP contribution in [0.15, 0.2) is 76.7 Å². The van der Waals surface area contributed by atoms with Crippen molar-refractivity contribution in [3.63, 3.8) is 0 Å². The molecule has 0 fully saturated rings. The predicted molar refractivity (Wildman–Crippen MR) is 133 cm³/mol. The van der Waals surface area contributed by atoms with Crippen LogP contribution in [0, 0.1) is 13.8 Å². The first-order valence-corrected chi connectivity index (χ1v) is 12.0. The second-order valence-corrected chi connectivity index (χ2v) is 9.55. The first kappa shape index (κ1) is 25.4. The zero-order valence-electron chi connectivity index (χ0n) is 19.4. The van der Waals surface area contributed by atoms with Gasteiger partial charge in [0, 0.05) is 5.56 Å². The average molecular weight is 496 g/mol. The molecule has 0 heterocycles. The number of carbonyl (C=O) groups excluding carboxylic acids is 1. The Bertz CT molecular complexity index is 1370. The van der Waals surface area contributed by atoms with Crippen LogP contribution >= 0.6 is 0 Å². The van der Waals surface area contributed by atoms with Gasteiger partial charge in [-0.25, -0.2) is 18.6 Å². The number of carboxylic acid groups (broad SMARTS) is 1. The molecule has 3 aromatic rings. The van der Waals surface area contributed by atoms with Crippen LogP contribution < -0.4 is 14.5 Å². The minimum atomic E-state index is -4.15. The van der Waals surface area contributed by atoms with E-state index in [1.54, 1.807) is 49.4 Å². The minimum absolute atomic E-state index is 0.0124. The van der Waals surface area contributed by atoms with Crippen molar-refractivity contribution < 1.29 is 27.9 Å². The highest BCUT2D eigenvalue weighted by Gasteiger charge is 2.29. The van der Waals surface area contributed by atoms with Crippen LogP contribution in [0.2, 0.25) is 0 Å². The standard InChI is InChI=1S/C25H25N3O6S/c1-17-8-11-20(12-9-17)35(32,33)28(22-14-18(2)10-13-23(22)34-3)16-24(29)27-26-15-19-6-4-5-7-21(19)25(30)31/h4-15H,16H2,1-3H3,(H,27,29)(H,30,31)/b26-15-. The largest absolute Gasteiger partial charge is 0.495 e. The molecule has 2 N–H and O–H groups in total. The van der Waals surface area contributed by atoms with Crippen molar-refractivity contribution in [2.24, 2.45) is 5.10 Å². The third kappa shape index (κ3) is 6.04. The van der Waals surface area contributed by atoms with E-state index in [1.165, 1.54) is 37.6 Å². The summed E-state index contributed by atoms with van der Waals surface area (Å²) in [5.74, 6) is -1.59. The number of hydrazone groups is 1. The van der Waals surface area contributed by atoms with Gasteiger partial charge in [0.25, 0.3) is 15.9 Å². The van der Waals surface area contributed by atoms with E-state index in [0.29, 0.717) is 0 Å². The van der Waals surface area contributed by atoms with Gasteiger partial charge < -0.3 is 9.84 Å². The lowest BCUT2D eigenvalue weighted by Crippen LogP contribution is -2.39. The Kier molecular flexibility index (Phi) is 7.87. The van der Waals surface area contributed by atoms with Gasteiger partial charge in [-0.2, -0.15) is 5.10 Å². The molecule has 0 bridgehead atoms. The fourth-order valence-electron chi connectivity index (χ4n) is 3.28. The van der Waals surface area contributed by atoms with Crippen molar-refractivity contribution >= 4 is 33.8 Å². The smallest absolute Gasteiger partial charge is 0.336 e. The van der Waals surface area contributed by atoms with Gasteiger partial charge in [-0.15, -0.1) is 0 Å². The van der Waals surface area contributed by atoms with Gasteiger partial charge in [-0.05, 0) is 49.7 Å². The molecule has 0 aliphatic heterocycles. The summed E-state index contributed by atoms with van der Waals surface area (Å²) in [7, 11) is -2.74. The summed E-state index contributed by atoms with van der Waals surface area (Å²) in [6, 6.07) is 17.4. The first-order valence-electron chi connectivity index (χ1n) is 10.5. The molecule has 35 heavy (non-hydrogen) atoms. The third-order valence-corrected chi connectivity index (χ3v) is 6.86. The maximum Gasteiger partial charge on any atom is 0.336 e. The van der Waals surface area contributed by atoms with Crippen LogP contribution in [0.25, 0.3) is 0 Å². The zero-order valence-corrected chi connectivity index (χ0v) is 20.2. The molecular formula is C25H25N3O6S. The molecule has 0 aromatic heterocycles. The number of hydrogen-bond donors (Lipinski definition) is 2. The molecule has 9 nitrogen and oxygen atoms in total. The van der Waals surface area contributed by atoms with E-state index in [4.69, 9.17) is 4.74 Å². The Morgan fingerprint density at radius 1 is 1.03 bits per heavy atom. The van der Waals surface area contributed by atoms with Crippen molar-refractivity contribution in [1.82, 2.24) is 5.43 Å². The maximum atomic E-state index is 13.6. The molecule has 0 aliphatic rings. The molecule has 0 unspecified atom stereocenters. The monoisotopic (exact) mass is 495 g/mol. The number of methoxy groups -OCH3 is 1. The molecule has 182 valence electrons. The summed E-state index contributed by atoms with van der Waals surface area (Å²) < 4.78 is 33.4. The number of carboxylic acids is 1. The van der Waals surface area contributed by atoms with Gasteiger partial charge in [-0.1, -0.05) is 42.0 Å². The Labute approximate surface area is 203 Å². The minimum Gasteiger partial charge on any atom is -0.495 e. The summed E-state index contributed by atoms with van der Waals surface area (Å²) in [5, 5.41) is 13.1. The predicted octanol–water partition coefficient (Wildman–Crippen LogP) is 3.36. The highest BCUT2D eigenvalue weighted by Crippen LogP contribution is 2.33. The second kappa shape index (κ2) is 10.8.